The van der Waals surface area contributed by atoms with Crippen molar-refractivity contribution in [3.63, 3.8) is 0 Å². The van der Waals surface area contributed by atoms with E-state index in [2.05, 4.69) is 11.8 Å². The van der Waals surface area contributed by atoms with E-state index in [9.17, 15) is 4.79 Å². The number of carbonyl (C=O) groups excluding carboxylic acids is 1. The van der Waals surface area contributed by atoms with Crippen LogP contribution in [-0.4, -0.2) is 36.6 Å². The number of carbonyl (C=O) groups is 1. The summed E-state index contributed by atoms with van der Waals surface area (Å²) in [5, 5.41) is 0. The number of hydrogen-bond donors (Lipinski definition) is 0. The van der Waals surface area contributed by atoms with Crippen molar-refractivity contribution in [2.45, 2.75) is 58.5 Å². The van der Waals surface area contributed by atoms with Gasteiger partial charge in [-0.2, -0.15) is 0 Å². The molecule has 0 heterocycles. The van der Waals surface area contributed by atoms with Gasteiger partial charge in [-0.1, -0.05) is 6.92 Å². The van der Waals surface area contributed by atoms with Crippen molar-refractivity contribution < 1.29 is 9.53 Å². The molecule has 0 amide bonds. The average Bonchev–Trinajstić information content (AvgIpc) is 2.28. The number of nitrogens with zero attached hydrogens (tertiary/aromatic N) is 1. The SMILES string of the molecule is CCOC(=O)C(C)N(C)C1CCC(C)CC1. The van der Waals surface area contributed by atoms with E-state index in [1.165, 1.54) is 25.7 Å². The first-order chi connectivity index (χ1) is 7.56. The van der Waals surface area contributed by atoms with Gasteiger partial charge in [0.25, 0.3) is 0 Å². The summed E-state index contributed by atoms with van der Waals surface area (Å²) in [4.78, 5) is 13.8. The zero-order chi connectivity index (χ0) is 12.1. The second kappa shape index (κ2) is 6.24. The molecule has 1 rings (SSSR count). The van der Waals surface area contributed by atoms with Crippen molar-refractivity contribution in [3.05, 3.63) is 0 Å². The third kappa shape index (κ3) is 3.48. The van der Waals surface area contributed by atoms with Crippen LogP contribution in [0.5, 0.6) is 0 Å². The summed E-state index contributed by atoms with van der Waals surface area (Å²) < 4.78 is 5.06. The quantitative estimate of drug-likeness (QED) is 0.691. The molecule has 1 unspecified atom stereocenters. The highest BCUT2D eigenvalue weighted by Crippen LogP contribution is 2.27. The van der Waals surface area contributed by atoms with Crippen LogP contribution in [0.15, 0.2) is 0 Å². The van der Waals surface area contributed by atoms with Gasteiger partial charge in [-0.15, -0.1) is 0 Å². The van der Waals surface area contributed by atoms with Crippen LogP contribution in [0.1, 0.15) is 46.5 Å². The van der Waals surface area contributed by atoms with E-state index in [1.807, 2.05) is 20.9 Å². The molecule has 0 saturated heterocycles. The minimum absolute atomic E-state index is 0.0939. The Labute approximate surface area is 99.1 Å². The van der Waals surface area contributed by atoms with Gasteiger partial charge < -0.3 is 4.74 Å². The Bertz CT molecular complexity index is 222. The maximum Gasteiger partial charge on any atom is 0.323 e. The van der Waals surface area contributed by atoms with Gasteiger partial charge >= 0.3 is 5.97 Å². The van der Waals surface area contributed by atoms with Crippen molar-refractivity contribution in [1.29, 1.82) is 0 Å². The van der Waals surface area contributed by atoms with Gasteiger partial charge in [0.1, 0.15) is 6.04 Å². The van der Waals surface area contributed by atoms with Crippen LogP contribution < -0.4 is 0 Å². The normalized spacial score (nSPS) is 27.8. The number of hydrogen-bond acceptors (Lipinski definition) is 3. The van der Waals surface area contributed by atoms with Gasteiger partial charge in [0.15, 0.2) is 0 Å². The van der Waals surface area contributed by atoms with Gasteiger partial charge in [-0.3, -0.25) is 9.69 Å². The molecule has 1 saturated carbocycles. The van der Waals surface area contributed by atoms with Crippen molar-refractivity contribution in [1.82, 2.24) is 4.90 Å². The molecule has 3 heteroatoms. The fourth-order valence-corrected chi connectivity index (χ4v) is 2.40. The van der Waals surface area contributed by atoms with E-state index < -0.39 is 0 Å². The molecule has 0 bridgehead atoms. The highest BCUT2D eigenvalue weighted by atomic mass is 16.5. The highest BCUT2D eigenvalue weighted by Gasteiger charge is 2.28. The molecule has 1 aliphatic carbocycles. The molecular formula is C13H25NO2. The molecule has 0 aromatic rings. The minimum atomic E-state index is -0.113. The molecule has 1 atom stereocenters. The number of likely N-dealkylation sites (N-methyl/N-ethyl adjacent to an activating group) is 1. The second-order valence-electron chi connectivity index (χ2n) is 5.01. The molecule has 0 aromatic carbocycles. The standard InChI is InChI=1S/C13H25NO2/c1-5-16-13(15)11(3)14(4)12-8-6-10(2)7-9-12/h10-12H,5-9H2,1-4H3. The van der Waals surface area contributed by atoms with E-state index in [-0.39, 0.29) is 12.0 Å². The molecule has 0 aliphatic heterocycles. The van der Waals surface area contributed by atoms with E-state index in [1.54, 1.807) is 0 Å². The molecular weight excluding hydrogens is 202 g/mol. The second-order valence-corrected chi connectivity index (χ2v) is 5.01. The number of esters is 1. The lowest BCUT2D eigenvalue weighted by molar-refractivity contribution is -0.149. The van der Waals surface area contributed by atoms with Crippen molar-refractivity contribution in [3.8, 4) is 0 Å². The van der Waals surface area contributed by atoms with Crippen LogP contribution in [0.2, 0.25) is 0 Å². The predicted octanol–water partition coefficient (Wildman–Crippen LogP) is 2.45. The molecule has 0 N–H and O–H groups in total. The number of rotatable bonds is 4. The molecule has 0 spiro atoms. The first-order valence-electron chi connectivity index (χ1n) is 6.44. The zero-order valence-electron chi connectivity index (χ0n) is 11.0. The van der Waals surface area contributed by atoms with Crippen LogP contribution in [0.3, 0.4) is 0 Å². The van der Waals surface area contributed by atoms with Gasteiger partial charge in [-0.25, -0.2) is 0 Å². The molecule has 0 aromatic heterocycles. The van der Waals surface area contributed by atoms with Gasteiger partial charge in [0, 0.05) is 6.04 Å². The monoisotopic (exact) mass is 227 g/mol. The van der Waals surface area contributed by atoms with Crippen LogP contribution in [0.4, 0.5) is 0 Å². The Morgan fingerprint density at radius 2 is 1.94 bits per heavy atom. The topological polar surface area (TPSA) is 29.5 Å². The van der Waals surface area contributed by atoms with Gasteiger partial charge in [0.2, 0.25) is 0 Å². The Balaban J connectivity index is 2.43. The maximum absolute atomic E-state index is 11.6. The fourth-order valence-electron chi connectivity index (χ4n) is 2.40. The molecule has 3 nitrogen and oxygen atoms in total. The number of ether oxygens (including phenoxy) is 1. The van der Waals surface area contributed by atoms with Crippen molar-refractivity contribution >= 4 is 5.97 Å². The summed E-state index contributed by atoms with van der Waals surface area (Å²) in [7, 11) is 2.04. The van der Waals surface area contributed by atoms with Crippen LogP contribution in [0, 0.1) is 5.92 Å². The van der Waals surface area contributed by atoms with Crippen LogP contribution >= 0.6 is 0 Å². The summed E-state index contributed by atoms with van der Waals surface area (Å²) in [6, 6.07) is 0.439. The summed E-state index contributed by atoms with van der Waals surface area (Å²) in [6.07, 6.45) is 4.98. The minimum Gasteiger partial charge on any atom is -0.465 e. The molecule has 1 aliphatic rings. The Hall–Kier alpha value is -0.570. The Morgan fingerprint density at radius 3 is 2.44 bits per heavy atom. The van der Waals surface area contributed by atoms with E-state index in [0.29, 0.717) is 12.6 Å². The van der Waals surface area contributed by atoms with Crippen molar-refractivity contribution in [2.24, 2.45) is 5.92 Å². The average molecular weight is 227 g/mol. The summed E-state index contributed by atoms with van der Waals surface area (Å²) in [5.41, 5.74) is 0. The first kappa shape index (κ1) is 13.5. The zero-order valence-corrected chi connectivity index (χ0v) is 11.0. The summed E-state index contributed by atoms with van der Waals surface area (Å²) in [5.74, 6) is 0.756. The largest absolute Gasteiger partial charge is 0.465 e. The molecule has 94 valence electrons. The highest BCUT2D eigenvalue weighted by molar-refractivity contribution is 5.75. The van der Waals surface area contributed by atoms with Crippen molar-refractivity contribution in [2.75, 3.05) is 13.7 Å². The van der Waals surface area contributed by atoms with E-state index in [0.717, 1.165) is 5.92 Å². The van der Waals surface area contributed by atoms with Crippen LogP contribution in [-0.2, 0) is 9.53 Å². The lowest BCUT2D eigenvalue weighted by Gasteiger charge is -2.36. The first-order valence-corrected chi connectivity index (χ1v) is 6.44. The third-order valence-corrected chi connectivity index (χ3v) is 3.80. The Morgan fingerprint density at radius 1 is 1.38 bits per heavy atom. The lowest BCUT2D eigenvalue weighted by Crippen LogP contribution is -2.45. The van der Waals surface area contributed by atoms with Gasteiger partial charge in [-0.05, 0) is 52.5 Å². The predicted molar refractivity (Wildman–Crippen MR) is 65.3 cm³/mol. The smallest absolute Gasteiger partial charge is 0.323 e. The summed E-state index contributed by atoms with van der Waals surface area (Å²) >= 11 is 0. The lowest BCUT2D eigenvalue weighted by atomic mass is 9.86. The molecule has 16 heavy (non-hydrogen) atoms. The molecule has 1 fully saturated rings. The fraction of sp³-hybridized carbons (Fsp3) is 0.923. The van der Waals surface area contributed by atoms with E-state index in [4.69, 9.17) is 4.74 Å². The van der Waals surface area contributed by atoms with E-state index >= 15 is 0 Å². The molecule has 0 radical (unpaired) electrons. The van der Waals surface area contributed by atoms with Gasteiger partial charge in [0.05, 0.1) is 6.61 Å². The van der Waals surface area contributed by atoms with Crippen LogP contribution in [0.25, 0.3) is 0 Å². The maximum atomic E-state index is 11.6. The third-order valence-electron chi connectivity index (χ3n) is 3.80. The Kier molecular flexibility index (Phi) is 5.26. The summed E-state index contributed by atoms with van der Waals surface area (Å²) in [6.45, 7) is 6.58.